The first-order valence-electron chi connectivity index (χ1n) is 10.8. The molecule has 1 aromatic carbocycles. The fourth-order valence-electron chi connectivity index (χ4n) is 3.49. The maximum Gasteiger partial charge on any atom is 0.261 e. The molecular formula is C23H24BrN7O2S. The van der Waals surface area contributed by atoms with Crippen LogP contribution in [0.1, 0.15) is 29.1 Å². The molecule has 0 spiro atoms. The van der Waals surface area contributed by atoms with Crippen molar-refractivity contribution in [1.29, 1.82) is 0 Å². The number of nitrogens with zero attached hydrogens (tertiary/aromatic N) is 5. The summed E-state index contributed by atoms with van der Waals surface area (Å²) in [6.45, 7) is 6.15. The van der Waals surface area contributed by atoms with Gasteiger partial charge in [-0.15, -0.1) is 11.3 Å². The number of hydrogen-bond donors (Lipinski definition) is 2. The van der Waals surface area contributed by atoms with Gasteiger partial charge in [0.05, 0.1) is 28.5 Å². The summed E-state index contributed by atoms with van der Waals surface area (Å²) >= 11 is 4.78. The number of rotatable bonds is 9. The van der Waals surface area contributed by atoms with Crippen molar-refractivity contribution in [2.75, 3.05) is 34.0 Å². The Morgan fingerprint density at radius 1 is 1.12 bits per heavy atom. The Balaban J connectivity index is 1.65. The molecular weight excluding hydrogens is 518 g/mol. The summed E-state index contributed by atoms with van der Waals surface area (Å²) < 4.78 is 1.92. The Morgan fingerprint density at radius 3 is 2.53 bits per heavy atom. The van der Waals surface area contributed by atoms with Gasteiger partial charge in [0.1, 0.15) is 0 Å². The third kappa shape index (κ3) is 5.26. The first-order valence-corrected chi connectivity index (χ1v) is 12.8. The van der Waals surface area contributed by atoms with Crippen LogP contribution >= 0.6 is 27.3 Å². The number of alkyl halides is 1. The number of fused-ring (bicyclic) bond motifs is 1. The molecule has 0 atom stereocenters. The van der Waals surface area contributed by atoms with E-state index in [-0.39, 0.29) is 17.1 Å². The van der Waals surface area contributed by atoms with E-state index in [9.17, 15) is 9.59 Å². The third-order valence-electron chi connectivity index (χ3n) is 5.22. The number of carbonyl (C=O) groups is 2. The lowest BCUT2D eigenvalue weighted by molar-refractivity contribution is -0.113. The smallest absolute Gasteiger partial charge is 0.261 e. The number of carbonyl (C=O) groups excluding carboxylic acids is 2. The molecule has 3 aromatic heterocycles. The number of halogens is 1. The van der Waals surface area contributed by atoms with Gasteiger partial charge in [-0.3, -0.25) is 14.9 Å². The minimum absolute atomic E-state index is 0.148. The van der Waals surface area contributed by atoms with Crippen LogP contribution in [0.25, 0.3) is 11.0 Å². The van der Waals surface area contributed by atoms with Crippen molar-refractivity contribution in [3.8, 4) is 0 Å². The van der Waals surface area contributed by atoms with Crippen LogP contribution in [0.4, 0.5) is 17.6 Å². The topological polar surface area (TPSA) is 105 Å². The van der Waals surface area contributed by atoms with Gasteiger partial charge in [-0.1, -0.05) is 22.0 Å². The molecule has 0 saturated heterocycles. The van der Waals surface area contributed by atoms with Crippen LogP contribution in [0.15, 0.2) is 48.1 Å². The SMILES string of the molecule is CCN(CC)c1ncc(C(=O)Nc2nc3ccc(NC(=O)CBr)cc3n2Cc2cccs2)cn1. The van der Waals surface area contributed by atoms with E-state index in [4.69, 9.17) is 0 Å². The standard InChI is InChI=1S/C23H24BrN7O2S/c1-3-30(4-2)22-25-12-15(13-26-22)21(33)29-23-28-18-8-7-16(27-20(32)11-24)10-19(18)31(23)14-17-6-5-9-34-17/h5-10,12-13H,3-4,11,14H2,1-2H3,(H,27,32)(H,28,29,33). The summed E-state index contributed by atoms with van der Waals surface area (Å²) in [5.74, 6) is 0.502. The van der Waals surface area contributed by atoms with Crippen molar-refractivity contribution in [3.63, 3.8) is 0 Å². The number of imidazole rings is 1. The Morgan fingerprint density at radius 2 is 1.88 bits per heavy atom. The van der Waals surface area contributed by atoms with Crippen LogP contribution in [0, 0.1) is 0 Å². The largest absolute Gasteiger partial charge is 0.341 e. The molecule has 0 bridgehead atoms. The molecule has 34 heavy (non-hydrogen) atoms. The normalized spacial score (nSPS) is 10.9. The number of anilines is 3. The van der Waals surface area contributed by atoms with Gasteiger partial charge < -0.3 is 14.8 Å². The average molecular weight is 542 g/mol. The average Bonchev–Trinajstić information content (AvgIpc) is 3.48. The summed E-state index contributed by atoms with van der Waals surface area (Å²) in [4.78, 5) is 41.3. The number of hydrogen-bond acceptors (Lipinski definition) is 7. The van der Waals surface area contributed by atoms with E-state index in [1.807, 2.05) is 53.0 Å². The highest BCUT2D eigenvalue weighted by Gasteiger charge is 2.17. The van der Waals surface area contributed by atoms with Crippen LogP contribution in [-0.2, 0) is 11.3 Å². The van der Waals surface area contributed by atoms with Crippen molar-refractivity contribution in [3.05, 3.63) is 58.5 Å². The van der Waals surface area contributed by atoms with E-state index in [1.54, 1.807) is 17.4 Å². The molecule has 0 unspecified atom stereocenters. The third-order valence-corrected chi connectivity index (χ3v) is 6.59. The van der Waals surface area contributed by atoms with E-state index >= 15 is 0 Å². The molecule has 0 aliphatic heterocycles. The van der Waals surface area contributed by atoms with E-state index < -0.39 is 0 Å². The van der Waals surface area contributed by atoms with Gasteiger partial charge in [0.15, 0.2) is 0 Å². The van der Waals surface area contributed by atoms with Crippen molar-refractivity contribution >= 4 is 67.7 Å². The highest BCUT2D eigenvalue weighted by molar-refractivity contribution is 9.09. The van der Waals surface area contributed by atoms with Gasteiger partial charge in [0, 0.05) is 36.0 Å². The zero-order chi connectivity index (χ0) is 24.1. The number of benzene rings is 1. The predicted molar refractivity (Wildman–Crippen MR) is 139 cm³/mol. The molecule has 4 aromatic rings. The second-order valence-corrected chi connectivity index (χ2v) is 8.98. The van der Waals surface area contributed by atoms with Crippen LogP contribution in [-0.4, -0.2) is 49.8 Å². The van der Waals surface area contributed by atoms with Crippen LogP contribution in [0.2, 0.25) is 0 Å². The van der Waals surface area contributed by atoms with Crippen molar-refractivity contribution in [2.24, 2.45) is 0 Å². The highest BCUT2D eigenvalue weighted by atomic mass is 79.9. The number of thiophene rings is 1. The van der Waals surface area contributed by atoms with Gasteiger partial charge in [-0.05, 0) is 43.5 Å². The zero-order valence-electron chi connectivity index (χ0n) is 18.8. The van der Waals surface area contributed by atoms with Crippen molar-refractivity contribution < 1.29 is 9.59 Å². The minimum atomic E-state index is -0.346. The summed E-state index contributed by atoms with van der Waals surface area (Å²) in [5.41, 5.74) is 2.50. The fourth-order valence-corrected chi connectivity index (χ4v) is 4.32. The minimum Gasteiger partial charge on any atom is -0.341 e. The molecule has 11 heteroatoms. The Hall–Kier alpha value is -3.31. The number of nitrogens with one attached hydrogen (secondary N) is 2. The second kappa shape index (κ2) is 10.7. The molecule has 2 N–H and O–H groups in total. The van der Waals surface area contributed by atoms with Gasteiger partial charge >= 0.3 is 0 Å². The number of amides is 2. The van der Waals surface area contributed by atoms with Gasteiger partial charge in [-0.2, -0.15) is 0 Å². The Bertz CT molecular complexity index is 1280. The van der Waals surface area contributed by atoms with Gasteiger partial charge in [0.2, 0.25) is 17.8 Å². The highest BCUT2D eigenvalue weighted by Crippen LogP contribution is 2.26. The maximum atomic E-state index is 13.0. The summed E-state index contributed by atoms with van der Waals surface area (Å²) in [6, 6.07) is 9.47. The van der Waals surface area contributed by atoms with E-state index in [0.717, 1.165) is 23.5 Å². The van der Waals surface area contributed by atoms with E-state index in [0.29, 0.717) is 35.2 Å². The second-order valence-electron chi connectivity index (χ2n) is 7.38. The van der Waals surface area contributed by atoms with E-state index in [2.05, 4.69) is 41.5 Å². The zero-order valence-corrected chi connectivity index (χ0v) is 21.2. The Kier molecular flexibility index (Phi) is 7.53. The van der Waals surface area contributed by atoms with Crippen molar-refractivity contribution in [2.45, 2.75) is 20.4 Å². The first-order chi connectivity index (χ1) is 16.5. The molecule has 3 heterocycles. The lowest BCUT2D eigenvalue weighted by Crippen LogP contribution is -2.24. The molecule has 0 fully saturated rings. The summed E-state index contributed by atoms with van der Waals surface area (Å²) in [5, 5.41) is 7.95. The quantitative estimate of drug-likeness (QED) is 0.305. The first kappa shape index (κ1) is 23.8. The molecule has 2 amide bonds. The lowest BCUT2D eigenvalue weighted by atomic mass is 10.2. The number of aromatic nitrogens is 4. The predicted octanol–water partition coefficient (Wildman–Crippen LogP) is 4.37. The van der Waals surface area contributed by atoms with Crippen LogP contribution in [0.5, 0.6) is 0 Å². The Labute approximate surface area is 209 Å². The van der Waals surface area contributed by atoms with Crippen LogP contribution in [0.3, 0.4) is 0 Å². The van der Waals surface area contributed by atoms with Crippen LogP contribution < -0.4 is 15.5 Å². The van der Waals surface area contributed by atoms with Gasteiger partial charge in [0.25, 0.3) is 5.91 Å². The van der Waals surface area contributed by atoms with Crippen molar-refractivity contribution in [1.82, 2.24) is 19.5 Å². The molecule has 176 valence electrons. The fraction of sp³-hybridized carbons (Fsp3) is 0.261. The molecule has 4 rings (SSSR count). The molecule has 9 nitrogen and oxygen atoms in total. The summed E-state index contributed by atoms with van der Waals surface area (Å²) in [6.07, 6.45) is 3.05. The monoisotopic (exact) mass is 541 g/mol. The maximum absolute atomic E-state index is 13.0. The molecule has 0 saturated carbocycles. The molecule has 0 radical (unpaired) electrons. The summed E-state index contributed by atoms with van der Waals surface area (Å²) in [7, 11) is 0. The molecule has 0 aliphatic rings. The molecule has 0 aliphatic carbocycles. The van der Waals surface area contributed by atoms with E-state index in [1.165, 1.54) is 12.4 Å². The van der Waals surface area contributed by atoms with Gasteiger partial charge in [-0.25, -0.2) is 15.0 Å². The lowest BCUT2D eigenvalue weighted by Gasteiger charge is -2.18.